The van der Waals surface area contributed by atoms with E-state index in [-0.39, 0.29) is 5.91 Å². The third-order valence-electron chi connectivity index (χ3n) is 4.77. The monoisotopic (exact) mass is 367 g/mol. The van der Waals surface area contributed by atoms with Crippen LogP contribution in [0.4, 0.5) is 5.69 Å². The molecule has 0 unspecified atom stereocenters. The molecule has 0 spiro atoms. The van der Waals surface area contributed by atoms with Crippen molar-refractivity contribution < 1.29 is 9.53 Å². The number of amides is 1. The minimum absolute atomic E-state index is 0.0336. The summed E-state index contributed by atoms with van der Waals surface area (Å²) in [5.41, 5.74) is 3.47. The SMILES string of the molecule is CCOc1ccc(NC(=O)CN2CCN(Cc3cccc(C)c3)CC2)cc1. The molecule has 144 valence electrons. The van der Waals surface area contributed by atoms with Gasteiger partial charge in [0.15, 0.2) is 0 Å². The number of carbonyl (C=O) groups excluding carboxylic acids is 1. The number of benzene rings is 2. The van der Waals surface area contributed by atoms with E-state index in [0.717, 1.165) is 44.2 Å². The van der Waals surface area contributed by atoms with E-state index in [9.17, 15) is 4.79 Å². The zero-order valence-corrected chi connectivity index (χ0v) is 16.3. The fourth-order valence-corrected chi connectivity index (χ4v) is 3.38. The molecule has 2 aromatic rings. The third-order valence-corrected chi connectivity index (χ3v) is 4.77. The average Bonchev–Trinajstić information content (AvgIpc) is 2.65. The number of nitrogens with zero attached hydrogens (tertiary/aromatic N) is 2. The zero-order valence-electron chi connectivity index (χ0n) is 16.3. The summed E-state index contributed by atoms with van der Waals surface area (Å²) in [7, 11) is 0. The highest BCUT2D eigenvalue weighted by Gasteiger charge is 2.19. The van der Waals surface area contributed by atoms with Crippen LogP contribution < -0.4 is 10.1 Å². The Kier molecular flexibility index (Phi) is 6.85. The van der Waals surface area contributed by atoms with E-state index in [4.69, 9.17) is 4.74 Å². The number of hydrogen-bond acceptors (Lipinski definition) is 4. The molecule has 0 radical (unpaired) electrons. The average molecular weight is 367 g/mol. The van der Waals surface area contributed by atoms with Crippen LogP contribution in [0, 0.1) is 6.92 Å². The van der Waals surface area contributed by atoms with Gasteiger partial charge in [0.05, 0.1) is 13.2 Å². The second-order valence-corrected chi connectivity index (χ2v) is 7.05. The van der Waals surface area contributed by atoms with Crippen LogP contribution in [0.1, 0.15) is 18.1 Å². The predicted molar refractivity (Wildman–Crippen MR) is 109 cm³/mol. The third kappa shape index (κ3) is 6.08. The predicted octanol–water partition coefficient (Wildman–Crippen LogP) is 3.15. The van der Waals surface area contributed by atoms with E-state index < -0.39 is 0 Å². The van der Waals surface area contributed by atoms with Crippen LogP contribution in [0.2, 0.25) is 0 Å². The number of anilines is 1. The highest BCUT2D eigenvalue weighted by Crippen LogP contribution is 2.16. The highest BCUT2D eigenvalue weighted by molar-refractivity contribution is 5.92. The molecular weight excluding hydrogens is 338 g/mol. The molecule has 1 heterocycles. The van der Waals surface area contributed by atoms with Crippen molar-refractivity contribution in [1.82, 2.24) is 9.80 Å². The van der Waals surface area contributed by atoms with Gasteiger partial charge >= 0.3 is 0 Å². The molecule has 5 nitrogen and oxygen atoms in total. The fraction of sp³-hybridized carbons (Fsp3) is 0.409. The second kappa shape index (κ2) is 9.53. The Balaban J connectivity index is 1.41. The number of rotatable bonds is 7. The molecule has 0 aliphatic carbocycles. The first-order chi connectivity index (χ1) is 13.1. The van der Waals surface area contributed by atoms with Gasteiger partial charge in [-0.25, -0.2) is 0 Å². The first-order valence-electron chi connectivity index (χ1n) is 9.65. The van der Waals surface area contributed by atoms with Crippen LogP contribution in [0.3, 0.4) is 0 Å². The number of carbonyl (C=O) groups is 1. The molecule has 1 fully saturated rings. The maximum atomic E-state index is 12.3. The Morgan fingerprint density at radius 1 is 1.04 bits per heavy atom. The van der Waals surface area contributed by atoms with Gasteiger partial charge in [0, 0.05) is 38.4 Å². The lowest BCUT2D eigenvalue weighted by Gasteiger charge is -2.34. The van der Waals surface area contributed by atoms with Gasteiger partial charge in [-0.1, -0.05) is 29.8 Å². The number of nitrogens with one attached hydrogen (secondary N) is 1. The molecule has 27 heavy (non-hydrogen) atoms. The van der Waals surface area contributed by atoms with Crippen LogP contribution in [0.5, 0.6) is 5.75 Å². The summed E-state index contributed by atoms with van der Waals surface area (Å²) in [5.74, 6) is 0.853. The summed E-state index contributed by atoms with van der Waals surface area (Å²) in [4.78, 5) is 17.0. The molecule has 1 N–H and O–H groups in total. The molecule has 1 aliphatic heterocycles. The molecule has 1 saturated heterocycles. The van der Waals surface area contributed by atoms with Gasteiger partial charge in [-0.3, -0.25) is 14.6 Å². The first-order valence-corrected chi connectivity index (χ1v) is 9.65. The zero-order chi connectivity index (χ0) is 19.1. The van der Waals surface area contributed by atoms with Gasteiger partial charge in [0.2, 0.25) is 5.91 Å². The standard InChI is InChI=1S/C22H29N3O2/c1-3-27-21-9-7-20(8-10-21)23-22(26)17-25-13-11-24(12-14-25)16-19-6-4-5-18(2)15-19/h4-10,15H,3,11-14,16-17H2,1-2H3,(H,23,26). The van der Waals surface area contributed by atoms with Crippen molar-refractivity contribution >= 4 is 11.6 Å². The van der Waals surface area contributed by atoms with Crippen LogP contribution in [-0.2, 0) is 11.3 Å². The molecule has 2 aromatic carbocycles. The number of aryl methyl sites for hydroxylation is 1. The molecule has 1 aliphatic rings. The lowest BCUT2D eigenvalue weighted by atomic mass is 10.1. The number of ether oxygens (including phenoxy) is 1. The Morgan fingerprint density at radius 2 is 1.74 bits per heavy atom. The molecule has 0 saturated carbocycles. The van der Waals surface area contributed by atoms with Crippen molar-refractivity contribution in [2.24, 2.45) is 0 Å². The topological polar surface area (TPSA) is 44.8 Å². The quantitative estimate of drug-likeness (QED) is 0.817. The van der Waals surface area contributed by atoms with E-state index in [1.54, 1.807) is 0 Å². The van der Waals surface area contributed by atoms with Crippen LogP contribution in [0.25, 0.3) is 0 Å². The van der Waals surface area contributed by atoms with Gasteiger partial charge in [0.25, 0.3) is 0 Å². The fourth-order valence-electron chi connectivity index (χ4n) is 3.38. The maximum Gasteiger partial charge on any atom is 0.238 e. The molecule has 0 aromatic heterocycles. The lowest BCUT2D eigenvalue weighted by molar-refractivity contribution is -0.117. The van der Waals surface area contributed by atoms with Crippen LogP contribution in [0.15, 0.2) is 48.5 Å². The Morgan fingerprint density at radius 3 is 2.41 bits per heavy atom. The second-order valence-electron chi connectivity index (χ2n) is 7.05. The van der Waals surface area contributed by atoms with Crippen molar-refractivity contribution in [3.05, 3.63) is 59.7 Å². The summed E-state index contributed by atoms with van der Waals surface area (Å²) in [6, 6.07) is 16.2. The summed E-state index contributed by atoms with van der Waals surface area (Å²) in [5, 5.41) is 2.97. The molecule has 0 bridgehead atoms. The van der Waals surface area contributed by atoms with Crippen LogP contribution >= 0.6 is 0 Å². The number of piperazine rings is 1. The van der Waals surface area contributed by atoms with Gasteiger partial charge in [-0.15, -0.1) is 0 Å². The largest absolute Gasteiger partial charge is 0.494 e. The van der Waals surface area contributed by atoms with Crippen molar-refractivity contribution in [3.63, 3.8) is 0 Å². The molecule has 5 heteroatoms. The molecule has 1 amide bonds. The maximum absolute atomic E-state index is 12.3. The van der Waals surface area contributed by atoms with Gasteiger partial charge in [-0.05, 0) is 43.7 Å². The smallest absolute Gasteiger partial charge is 0.238 e. The highest BCUT2D eigenvalue weighted by atomic mass is 16.5. The van der Waals surface area contributed by atoms with E-state index in [2.05, 4.69) is 46.3 Å². The minimum Gasteiger partial charge on any atom is -0.494 e. The Labute approximate surface area is 161 Å². The summed E-state index contributed by atoms with van der Waals surface area (Å²) in [6.07, 6.45) is 0. The van der Waals surface area contributed by atoms with E-state index >= 15 is 0 Å². The van der Waals surface area contributed by atoms with E-state index in [1.165, 1.54) is 11.1 Å². The summed E-state index contributed by atoms with van der Waals surface area (Å²) < 4.78 is 5.42. The van der Waals surface area contributed by atoms with Crippen molar-refractivity contribution in [2.75, 3.05) is 44.6 Å². The van der Waals surface area contributed by atoms with Crippen molar-refractivity contribution in [3.8, 4) is 5.75 Å². The van der Waals surface area contributed by atoms with Gasteiger partial charge < -0.3 is 10.1 Å². The molecule has 3 rings (SSSR count). The van der Waals surface area contributed by atoms with E-state index in [1.807, 2.05) is 31.2 Å². The van der Waals surface area contributed by atoms with Crippen molar-refractivity contribution in [2.45, 2.75) is 20.4 Å². The Bertz CT molecular complexity index is 737. The summed E-state index contributed by atoms with van der Waals surface area (Å²) in [6.45, 7) is 9.96. The minimum atomic E-state index is 0.0336. The van der Waals surface area contributed by atoms with Crippen molar-refractivity contribution in [1.29, 1.82) is 0 Å². The number of hydrogen-bond donors (Lipinski definition) is 1. The van der Waals surface area contributed by atoms with Gasteiger partial charge in [0.1, 0.15) is 5.75 Å². The Hall–Kier alpha value is -2.37. The molecule has 0 atom stereocenters. The van der Waals surface area contributed by atoms with Crippen LogP contribution in [-0.4, -0.2) is 55.0 Å². The van der Waals surface area contributed by atoms with E-state index in [0.29, 0.717) is 13.2 Å². The normalized spacial score (nSPS) is 15.5. The summed E-state index contributed by atoms with van der Waals surface area (Å²) >= 11 is 0. The lowest BCUT2D eigenvalue weighted by Crippen LogP contribution is -2.48. The molecular formula is C22H29N3O2. The first kappa shape index (κ1) is 19.4. The van der Waals surface area contributed by atoms with Gasteiger partial charge in [-0.2, -0.15) is 0 Å².